The first-order valence-corrected chi connectivity index (χ1v) is 10.4. The normalized spacial score (nSPS) is 12.1. The van der Waals surface area contributed by atoms with Crippen LogP contribution in [0, 0.1) is 11.3 Å². The number of sulfonamides is 1. The van der Waals surface area contributed by atoms with Crippen LogP contribution in [-0.2, 0) is 22.5 Å². The molecular formula is C17H17N5O4S2. The lowest BCUT2D eigenvalue weighted by Crippen LogP contribution is -2.29. The van der Waals surface area contributed by atoms with Crippen molar-refractivity contribution >= 4 is 38.1 Å². The maximum Gasteiger partial charge on any atom is 0.329 e. The molecule has 0 saturated heterocycles. The van der Waals surface area contributed by atoms with E-state index in [4.69, 9.17) is 0 Å². The molecule has 0 radical (unpaired) electrons. The molecule has 0 aromatic carbocycles. The van der Waals surface area contributed by atoms with Gasteiger partial charge in [-0.1, -0.05) is 20.8 Å². The Hall–Kier alpha value is -2.97. The fourth-order valence-corrected chi connectivity index (χ4v) is 4.55. The fraction of sp³-hybridized carbons (Fsp3) is 0.294. The average molecular weight is 419 g/mol. The van der Waals surface area contributed by atoms with Crippen LogP contribution in [0.2, 0.25) is 0 Å². The SMILES string of the molecule is Cn1c(=O)[nH]c(=O)c2cc(S(=O)(=O)Nc3cc(C(C)(C)C)sc3C#N)cnc21. The molecule has 28 heavy (non-hydrogen) atoms. The maximum absolute atomic E-state index is 12.8. The van der Waals surface area contributed by atoms with Gasteiger partial charge in [-0.3, -0.25) is 19.1 Å². The fourth-order valence-electron chi connectivity index (χ4n) is 2.49. The molecule has 0 aliphatic carbocycles. The van der Waals surface area contributed by atoms with Crippen molar-refractivity contribution in [3.63, 3.8) is 0 Å². The molecular weight excluding hydrogens is 402 g/mol. The van der Waals surface area contributed by atoms with E-state index in [0.717, 1.165) is 21.7 Å². The van der Waals surface area contributed by atoms with Gasteiger partial charge in [-0.05, 0) is 17.5 Å². The first kappa shape index (κ1) is 19.8. The van der Waals surface area contributed by atoms with Gasteiger partial charge < -0.3 is 0 Å². The summed E-state index contributed by atoms with van der Waals surface area (Å²) in [5, 5.41) is 9.30. The monoisotopic (exact) mass is 419 g/mol. The van der Waals surface area contributed by atoms with Crippen molar-refractivity contribution in [2.24, 2.45) is 7.05 Å². The third kappa shape index (κ3) is 3.44. The number of anilines is 1. The lowest BCUT2D eigenvalue weighted by atomic mass is 9.95. The van der Waals surface area contributed by atoms with E-state index in [1.807, 2.05) is 26.8 Å². The summed E-state index contributed by atoms with van der Waals surface area (Å²) in [7, 11) is -2.69. The number of nitrogens with one attached hydrogen (secondary N) is 2. The van der Waals surface area contributed by atoms with E-state index in [1.54, 1.807) is 6.07 Å². The van der Waals surface area contributed by atoms with E-state index in [9.17, 15) is 23.3 Å². The molecule has 3 heterocycles. The Kier molecular flexibility index (Phi) is 4.64. The quantitative estimate of drug-likeness (QED) is 0.662. The van der Waals surface area contributed by atoms with Gasteiger partial charge in [0.25, 0.3) is 15.6 Å². The average Bonchev–Trinajstić information content (AvgIpc) is 3.02. The van der Waals surface area contributed by atoms with Crippen molar-refractivity contribution in [2.45, 2.75) is 31.1 Å². The maximum atomic E-state index is 12.8. The number of fused-ring (bicyclic) bond motifs is 1. The number of nitrogens with zero attached hydrogens (tertiary/aromatic N) is 3. The van der Waals surface area contributed by atoms with E-state index in [0.29, 0.717) is 0 Å². The van der Waals surface area contributed by atoms with E-state index in [1.165, 1.54) is 18.4 Å². The van der Waals surface area contributed by atoms with Gasteiger partial charge in [0.2, 0.25) is 0 Å². The van der Waals surface area contributed by atoms with Crippen molar-refractivity contribution in [3.05, 3.63) is 48.9 Å². The van der Waals surface area contributed by atoms with Crippen molar-refractivity contribution in [1.29, 1.82) is 5.26 Å². The molecule has 0 saturated carbocycles. The summed E-state index contributed by atoms with van der Waals surface area (Å²) in [6.07, 6.45) is 1.06. The summed E-state index contributed by atoms with van der Waals surface area (Å²) in [6, 6.07) is 4.77. The van der Waals surface area contributed by atoms with Crippen LogP contribution in [0.3, 0.4) is 0 Å². The first-order valence-electron chi connectivity index (χ1n) is 8.10. The molecule has 0 unspecified atom stereocenters. The molecule has 0 aliphatic heterocycles. The Morgan fingerprint density at radius 1 is 1.29 bits per heavy atom. The van der Waals surface area contributed by atoms with Gasteiger partial charge in [0.15, 0.2) is 0 Å². The second-order valence-electron chi connectivity index (χ2n) is 7.18. The topological polar surface area (TPSA) is 138 Å². The van der Waals surface area contributed by atoms with Gasteiger partial charge in [-0.2, -0.15) is 5.26 Å². The Labute approximate surface area is 164 Å². The Balaban J connectivity index is 2.10. The zero-order valence-electron chi connectivity index (χ0n) is 15.5. The molecule has 146 valence electrons. The zero-order valence-corrected chi connectivity index (χ0v) is 17.2. The number of H-pyrrole nitrogens is 1. The van der Waals surface area contributed by atoms with Crippen LogP contribution >= 0.6 is 11.3 Å². The summed E-state index contributed by atoms with van der Waals surface area (Å²) >= 11 is 1.21. The largest absolute Gasteiger partial charge is 0.329 e. The number of hydrogen-bond donors (Lipinski definition) is 2. The van der Waals surface area contributed by atoms with Crippen molar-refractivity contribution in [3.8, 4) is 6.07 Å². The third-order valence-electron chi connectivity index (χ3n) is 4.06. The smallest absolute Gasteiger partial charge is 0.281 e. The summed E-state index contributed by atoms with van der Waals surface area (Å²) in [6.45, 7) is 5.88. The van der Waals surface area contributed by atoms with Crippen LogP contribution in [0.5, 0.6) is 0 Å². The molecule has 9 nitrogen and oxygen atoms in total. The van der Waals surface area contributed by atoms with Crippen molar-refractivity contribution in [2.75, 3.05) is 4.72 Å². The summed E-state index contributed by atoms with van der Waals surface area (Å²) in [5.41, 5.74) is -1.39. The second-order valence-corrected chi connectivity index (χ2v) is 9.92. The number of aromatic nitrogens is 3. The van der Waals surface area contributed by atoms with Crippen LogP contribution in [0.25, 0.3) is 11.0 Å². The Bertz CT molecular complexity index is 1350. The molecule has 11 heteroatoms. The van der Waals surface area contributed by atoms with Crippen molar-refractivity contribution in [1.82, 2.24) is 14.5 Å². The highest BCUT2D eigenvalue weighted by atomic mass is 32.2. The number of hydrogen-bond acceptors (Lipinski definition) is 7. The Morgan fingerprint density at radius 3 is 2.57 bits per heavy atom. The second kappa shape index (κ2) is 6.57. The van der Waals surface area contributed by atoms with Gasteiger partial charge in [0.05, 0.1) is 11.1 Å². The summed E-state index contributed by atoms with van der Waals surface area (Å²) in [5.74, 6) is 0. The molecule has 0 spiro atoms. The number of thiophene rings is 1. The Morgan fingerprint density at radius 2 is 1.96 bits per heavy atom. The van der Waals surface area contributed by atoms with Crippen LogP contribution in [0.4, 0.5) is 5.69 Å². The highest BCUT2D eigenvalue weighted by Gasteiger charge is 2.24. The number of pyridine rings is 1. The standard InChI is InChI=1S/C17H17N5O4S2/c1-17(2,3)13-6-11(12(7-18)27-13)21-28(25,26)9-5-10-14(19-8-9)22(4)16(24)20-15(10)23/h5-6,8,21H,1-4H3,(H,20,23,24). The van der Waals surface area contributed by atoms with Gasteiger partial charge in [0.1, 0.15) is 21.5 Å². The van der Waals surface area contributed by atoms with Gasteiger partial charge in [0, 0.05) is 18.1 Å². The molecule has 3 aromatic rings. The van der Waals surface area contributed by atoms with E-state index >= 15 is 0 Å². The van der Waals surface area contributed by atoms with Crippen molar-refractivity contribution < 1.29 is 8.42 Å². The third-order valence-corrected chi connectivity index (χ3v) is 6.85. The minimum Gasteiger partial charge on any atom is -0.281 e. The lowest BCUT2D eigenvalue weighted by Gasteiger charge is -2.15. The summed E-state index contributed by atoms with van der Waals surface area (Å²) in [4.78, 5) is 30.6. The van der Waals surface area contributed by atoms with E-state index in [-0.39, 0.29) is 31.9 Å². The molecule has 0 aliphatic rings. The van der Waals surface area contributed by atoms with Crippen LogP contribution in [0.15, 0.2) is 32.8 Å². The number of rotatable bonds is 3. The molecule has 0 atom stereocenters. The summed E-state index contributed by atoms with van der Waals surface area (Å²) < 4.78 is 29.1. The van der Waals surface area contributed by atoms with Crippen LogP contribution < -0.4 is 16.0 Å². The predicted molar refractivity (Wildman–Crippen MR) is 106 cm³/mol. The molecule has 0 fully saturated rings. The van der Waals surface area contributed by atoms with Gasteiger partial charge >= 0.3 is 5.69 Å². The number of nitriles is 1. The van der Waals surface area contributed by atoms with Gasteiger partial charge in [-0.25, -0.2) is 18.2 Å². The van der Waals surface area contributed by atoms with Gasteiger partial charge in [-0.15, -0.1) is 11.3 Å². The highest BCUT2D eigenvalue weighted by Crippen LogP contribution is 2.35. The van der Waals surface area contributed by atoms with Crippen LogP contribution in [-0.4, -0.2) is 23.0 Å². The highest BCUT2D eigenvalue weighted by molar-refractivity contribution is 7.92. The van der Waals surface area contributed by atoms with Crippen LogP contribution in [0.1, 0.15) is 30.5 Å². The number of aromatic amines is 1. The minimum absolute atomic E-state index is 0.0359. The zero-order chi connectivity index (χ0) is 20.9. The molecule has 3 aromatic heterocycles. The van der Waals surface area contributed by atoms with E-state index < -0.39 is 21.3 Å². The van der Waals surface area contributed by atoms with E-state index in [2.05, 4.69) is 14.7 Å². The molecule has 3 rings (SSSR count). The lowest BCUT2D eigenvalue weighted by molar-refractivity contribution is 0.599. The molecule has 0 bridgehead atoms. The molecule has 2 N–H and O–H groups in total. The first-order chi connectivity index (χ1) is 12.9. The predicted octanol–water partition coefficient (Wildman–Crippen LogP) is 1.65. The molecule has 0 amide bonds. The number of aryl methyl sites for hydroxylation is 1. The minimum atomic E-state index is -4.11.